The molecule has 7 heteroatoms. The number of piperidine rings is 1. The maximum atomic E-state index is 12.7. The number of nitrogens with zero attached hydrogens (tertiary/aromatic N) is 2. The number of carbonyl (C=O) groups excluding carboxylic acids is 3. The summed E-state index contributed by atoms with van der Waals surface area (Å²) in [5.74, 6) is -0.263. The van der Waals surface area contributed by atoms with Gasteiger partial charge in [-0.15, -0.1) is 0 Å². The van der Waals surface area contributed by atoms with Gasteiger partial charge in [-0.25, -0.2) is 5.01 Å². The summed E-state index contributed by atoms with van der Waals surface area (Å²) in [5, 5.41) is 2.27. The lowest BCUT2D eigenvalue weighted by atomic mass is 9.93. The largest absolute Gasteiger partial charge is 0.489 e. The van der Waals surface area contributed by atoms with Gasteiger partial charge in [0.05, 0.1) is 6.54 Å². The van der Waals surface area contributed by atoms with Crippen LogP contribution in [0.25, 0.3) is 0 Å². The molecule has 1 aromatic rings. The third-order valence-electron chi connectivity index (χ3n) is 5.40. The molecule has 1 aliphatic carbocycles. The molecular weight excluding hydrogens is 334 g/mol. The van der Waals surface area contributed by atoms with Crippen molar-refractivity contribution in [2.24, 2.45) is 5.73 Å². The molecule has 0 bridgehead atoms. The fraction of sp³-hybridized carbons (Fsp3) is 0.526. The van der Waals surface area contributed by atoms with E-state index in [2.05, 4.69) is 0 Å². The Hall–Kier alpha value is -2.41. The van der Waals surface area contributed by atoms with Crippen LogP contribution in [0.1, 0.15) is 60.9 Å². The number of ether oxygens (including phenoxy) is 1. The molecule has 2 heterocycles. The maximum absolute atomic E-state index is 12.7. The van der Waals surface area contributed by atoms with E-state index in [9.17, 15) is 14.4 Å². The van der Waals surface area contributed by atoms with Crippen LogP contribution in [0.3, 0.4) is 0 Å². The summed E-state index contributed by atoms with van der Waals surface area (Å²) in [5.41, 5.74) is 7.42. The van der Waals surface area contributed by atoms with Crippen molar-refractivity contribution in [3.8, 4) is 5.75 Å². The van der Waals surface area contributed by atoms with Crippen molar-refractivity contribution in [2.45, 2.75) is 63.6 Å². The maximum Gasteiger partial charge on any atom is 0.273 e. The number of hydrogen-bond donors (Lipinski definition) is 1. The number of hydrazine groups is 1. The lowest BCUT2D eigenvalue weighted by Crippen LogP contribution is -2.51. The Kier molecular flexibility index (Phi) is 4.40. The molecule has 138 valence electrons. The molecule has 1 saturated carbocycles. The minimum Gasteiger partial charge on any atom is -0.489 e. The second kappa shape index (κ2) is 6.72. The summed E-state index contributed by atoms with van der Waals surface area (Å²) in [6, 6.07) is 5.33. The number of benzene rings is 1. The van der Waals surface area contributed by atoms with E-state index >= 15 is 0 Å². The average Bonchev–Trinajstić information content (AvgIpc) is 2.93. The Morgan fingerprint density at radius 2 is 1.73 bits per heavy atom. The minimum absolute atomic E-state index is 0.0137. The monoisotopic (exact) mass is 357 g/mol. The topological polar surface area (TPSA) is 92.9 Å². The fourth-order valence-corrected chi connectivity index (χ4v) is 3.97. The molecule has 1 aromatic carbocycles. The van der Waals surface area contributed by atoms with Crippen LogP contribution >= 0.6 is 0 Å². The van der Waals surface area contributed by atoms with Gasteiger partial charge < -0.3 is 10.5 Å². The van der Waals surface area contributed by atoms with Crippen LogP contribution in [-0.4, -0.2) is 39.9 Å². The van der Waals surface area contributed by atoms with E-state index in [0.717, 1.165) is 36.3 Å². The summed E-state index contributed by atoms with van der Waals surface area (Å²) in [6.45, 7) is 0.208. The number of rotatable bonds is 3. The van der Waals surface area contributed by atoms with Gasteiger partial charge in [0.2, 0.25) is 11.8 Å². The third kappa shape index (κ3) is 2.96. The molecule has 2 fully saturated rings. The molecule has 0 radical (unpaired) electrons. The Morgan fingerprint density at radius 1 is 1.00 bits per heavy atom. The van der Waals surface area contributed by atoms with Crippen LogP contribution in [0.4, 0.5) is 0 Å². The zero-order chi connectivity index (χ0) is 18.3. The first-order chi connectivity index (χ1) is 12.5. The summed E-state index contributed by atoms with van der Waals surface area (Å²) in [7, 11) is 0. The van der Waals surface area contributed by atoms with Gasteiger partial charge in [-0.1, -0.05) is 6.42 Å². The molecule has 0 aromatic heterocycles. The van der Waals surface area contributed by atoms with Crippen molar-refractivity contribution in [3.63, 3.8) is 0 Å². The summed E-state index contributed by atoms with van der Waals surface area (Å²) in [4.78, 5) is 36.9. The van der Waals surface area contributed by atoms with Gasteiger partial charge in [-0.3, -0.25) is 14.4 Å². The SMILES string of the molecule is N[C@H]1CCCC[C@@H]1Oc1ccc2c(c1)CN(N1C(=O)CCCC1=O)C2=O. The molecule has 4 rings (SSSR count). The standard InChI is InChI=1S/C19H23N3O4/c20-15-4-1-2-5-16(15)26-13-8-9-14-12(10-13)11-21(19(14)25)22-17(23)6-3-7-18(22)24/h8-10,15-16H,1-7,11,20H2/t15-,16-/m0/s1. The highest BCUT2D eigenvalue weighted by Gasteiger charge is 2.39. The predicted molar refractivity (Wildman–Crippen MR) is 92.9 cm³/mol. The van der Waals surface area contributed by atoms with Gasteiger partial charge in [0.15, 0.2) is 0 Å². The number of fused-ring (bicyclic) bond motifs is 1. The van der Waals surface area contributed by atoms with E-state index in [1.165, 1.54) is 5.01 Å². The quantitative estimate of drug-likeness (QED) is 0.832. The molecule has 0 spiro atoms. The van der Waals surface area contributed by atoms with Gasteiger partial charge >= 0.3 is 0 Å². The van der Waals surface area contributed by atoms with Crippen LogP contribution in [0, 0.1) is 0 Å². The van der Waals surface area contributed by atoms with Crippen LogP contribution < -0.4 is 10.5 Å². The second-order valence-corrected chi connectivity index (χ2v) is 7.24. The number of amides is 3. The molecule has 0 unspecified atom stereocenters. The molecule has 26 heavy (non-hydrogen) atoms. The molecular formula is C19H23N3O4. The molecule has 3 aliphatic rings. The molecule has 3 amide bonds. The first kappa shape index (κ1) is 17.0. The lowest BCUT2D eigenvalue weighted by Gasteiger charge is -2.32. The van der Waals surface area contributed by atoms with Gasteiger partial charge in [0, 0.05) is 24.4 Å². The fourth-order valence-electron chi connectivity index (χ4n) is 3.97. The normalized spacial score (nSPS) is 26.3. The van der Waals surface area contributed by atoms with E-state index < -0.39 is 0 Å². The van der Waals surface area contributed by atoms with Crippen molar-refractivity contribution in [1.82, 2.24) is 10.0 Å². The van der Waals surface area contributed by atoms with Crippen LogP contribution in [0.15, 0.2) is 18.2 Å². The van der Waals surface area contributed by atoms with E-state index in [4.69, 9.17) is 10.5 Å². The highest BCUT2D eigenvalue weighted by Crippen LogP contribution is 2.31. The third-order valence-corrected chi connectivity index (χ3v) is 5.40. The predicted octanol–water partition coefficient (Wildman–Crippen LogP) is 1.75. The summed E-state index contributed by atoms with van der Waals surface area (Å²) < 4.78 is 6.05. The van der Waals surface area contributed by atoms with Gasteiger partial charge in [0.25, 0.3) is 5.91 Å². The Morgan fingerprint density at radius 3 is 2.46 bits per heavy atom. The first-order valence-corrected chi connectivity index (χ1v) is 9.27. The second-order valence-electron chi connectivity index (χ2n) is 7.24. The molecule has 2 atom stereocenters. The summed E-state index contributed by atoms with van der Waals surface area (Å²) in [6.07, 6.45) is 5.24. The highest BCUT2D eigenvalue weighted by atomic mass is 16.5. The van der Waals surface area contributed by atoms with Crippen molar-refractivity contribution < 1.29 is 19.1 Å². The molecule has 2 aliphatic heterocycles. The minimum atomic E-state index is -0.315. The van der Waals surface area contributed by atoms with Crippen molar-refractivity contribution in [1.29, 1.82) is 0 Å². The van der Waals surface area contributed by atoms with E-state index in [-0.39, 0.29) is 36.4 Å². The summed E-state index contributed by atoms with van der Waals surface area (Å²) >= 11 is 0. The Balaban J connectivity index is 1.53. The lowest BCUT2D eigenvalue weighted by molar-refractivity contribution is -0.163. The van der Waals surface area contributed by atoms with Gasteiger partial charge in [0.1, 0.15) is 11.9 Å². The number of carbonyl (C=O) groups is 3. The molecule has 1 saturated heterocycles. The Labute approximate surface area is 152 Å². The van der Waals surface area contributed by atoms with E-state index in [1.807, 2.05) is 6.07 Å². The highest BCUT2D eigenvalue weighted by molar-refractivity contribution is 6.04. The Bertz CT molecular complexity index is 747. The first-order valence-electron chi connectivity index (χ1n) is 9.27. The number of nitrogens with two attached hydrogens (primary N) is 1. The van der Waals surface area contributed by atoms with Crippen molar-refractivity contribution in [2.75, 3.05) is 0 Å². The zero-order valence-corrected chi connectivity index (χ0v) is 14.6. The molecule has 2 N–H and O–H groups in total. The van der Waals surface area contributed by atoms with Crippen LogP contribution in [0.2, 0.25) is 0 Å². The van der Waals surface area contributed by atoms with Gasteiger partial charge in [-0.2, -0.15) is 5.01 Å². The molecule has 7 nitrogen and oxygen atoms in total. The smallest absolute Gasteiger partial charge is 0.273 e. The van der Waals surface area contributed by atoms with Crippen LogP contribution in [-0.2, 0) is 16.1 Å². The van der Waals surface area contributed by atoms with Crippen molar-refractivity contribution >= 4 is 17.7 Å². The average molecular weight is 357 g/mol. The van der Waals surface area contributed by atoms with E-state index in [0.29, 0.717) is 30.6 Å². The van der Waals surface area contributed by atoms with Crippen LogP contribution in [0.5, 0.6) is 5.75 Å². The van der Waals surface area contributed by atoms with Gasteiger partial charge in [-0.05, 0) is 49.4 Å². The zero-order valence-electron chi connectivity index (χ0n) is 14.6. The van der Waals surface area contributed by atoms with E-state index in [1.54, 1.807) is 12.1 Å². The number of imide groups is 1. The van der Waals surface area contributed by atoms with Crippen molar-refractivity contribution in [3.05, 3.63) is 29.3 Å². The number of hydrogen-bond acceptors (Lipinski definition) is 5.